The third-order valence-corrected chi connectivity index (χ3v) is 6.34. The molecule has 0 bridgehead atoms. The number of hydrogen-bond acceptors (Lipinski definition) is 6. The van der Waals surface area contributed by atoms with Gasteiger partial charge in [0.15, 0.2) is 23.0 Å². The molecule has 1 atom stereocenters. The Kier molecular flexibility index (Phi) is 8.33. The van der Waals surface area contributed by atoms with Gasteiger partial charge >= 0.3 is 0 Å². The molecular formula is C30H33NO6. The number of aliphatic hydroxyl groups is 1. The van der Waals surface area contributed by atoms with Crippen molar-refractivity contribution in [2.75, 3.05) is 19.8 Å². The number of nitrogens with zero attached hydrogens (tertiary/aromatic N) is 1. The fourth-order valence-corrected chi connectivity index (χ4v) is 4.46. The first-order chi connectivity index (χ1) is 17.9. The van der Waals surface area contributed by atoms with Crippen LogP contribution in [-0.4, -0.2) is 41.5 Å². The second-order valence-electron chi connectivity index (χ2n) is 8.98. The van der Waals surface area contributed by atoms with E-state index in [0.717, 1.165) is 18.4 Å². The summed E-state index contributed by atoms with van der Waals surface area (Å²) in [5.41, 5.74) is 1.68. The Balaban J connectivity index is 1.73. The first kappa shape index (κ1) is 26.1. The average molecular weight is 504 g/mol. The molecule has 194 valence electrons. The number of amides is 1. The van der Waals surface area contributed by atoms with Crippen LogP contribution < -0.4 is 9.47 Å². The standard InChI is InChI=1S/C30H33NO6/c1-4-6-18-36-23-15-13-22(19-25(23)35-5-2)27-26(28(32)24-14-12-20(3)37-24)29(33)30(34)31(27)17-16-21-10-8-7-9-11-21/h7-15,19,27,33H,4-6,16-18H2,1-3H3. The minimum absolute atomic E-state index is 0.00508. The molecule has 1 N–H and O–H groups in total. The molecule has 1 amide bonds. The maximum Gasteiger partial charge on any atom is 0.290 e. The van der Waals surface area contributed by atoms with Gasteiger partial charge in [0, 0.05) is 6.54 Å². The predicted molar refractivity (Wildman–Crippen MR) is 140 cm³/mol. The van der Waals surface area contributed by atoms with Gasteiger partial charge in [-0.3, -0.25) is 9.59 Å². The summed E-state index contributed by atoms with van der Waals surface area (Å²) in [4.78, 5) is 28.4. The summed E-state index contributed by atoms with van der Waals surface area (Å²) in [5.74, 6) is 0.101. The number of unbranched alkanes of at least 4 members (excludes halogenated alkanes) is 1. The summed E-state index contributed by atoms with van der Waals surface area (Å²) >= 11 is 0. The number of carbonyl (C=O) groups is 2. The molecule has 0 saturated heterocycles. The number of ketones is 1. The Morgan fingerprint density at radius 1 is 1.03 bits per heavy atom. The van der Waals surface area contributed by atoms with Crippen molar-refractivity contribution < 1.29 is 28.6 Å². The zero-order chi connectivity index (χ0) is 26.4. The molecule has 4 rings (SSSR count). The lowest BCUT2D eigenvalue weighted by molar-refractivity contribution is -0.129. The maximum absolute atomic E-state index is 13.5. The number of aliphatic hydroxyl groups excluding tert-OH is 1. The van der Waals surface area contributed by atoms with Gasteiger partial charge in [0.1, 0.15) is 5.76 Å². The zero-order valence-electron chi connectivity index (χ0n) is 21.5. The van der Waals surface area contributed by atoms with Crippen LogP contribution in [0.25, 0.3) is 0 Å². The van der Waals surface area contributed by atoms with Crippen LogP contribution in [0.1, 0.15) is 60.2 Å². The van der Waals surface area contributed by atoms with Gasteiger partial charge in [-0.05, 0) is 62.1 Å². The Labute approximate surface area is 217 Å². The monoisotopic (exact) mass is 503 g/mol. The Morgan fingerprint density at radius 2 is 1.81 bits per heavy atom. The number of Topliss-reactive ketones (excluding diaryl/α,β-unsaturated/α-hetero) is 1. The summed E-state index contributed by atoms with van der Waals surface area (Å²) in [7, 11) is 0. The molecule has 37 heavy (non-hydrogen) atoms. The van der Waals surface area contributed by atoms with Gasteiger partial charge in [-0.2, -0.15) is 0 Å². The topological polar surface area (TPSA) is 89.2 Å². The summed E-state index contributed by atoms with van der Waals surface area (Å²) in [6.45, 7) is 7.00. The lowest BCUT2D eigenvalue weighted by atomic mass is 9.94. The van der Waals surface area contributed by atoms with Crippen LogP contribution in [0.5, 0.6) is 11.5 Å². The lowest BCUT2D eigenvalue weighted by Gasteiger charge is -2.27. The van der Waals surface area contributed by atoms with E-state index >= 15 is 0 Å². The highest BCUT2D eigenvalue weighted by Crippen LogP contribution is 2.42. The third-order valence-electron chi connectivity index (χ3n) is 6.34. The molecule has 0 fully saturated rings. The predicted octanol–water partition coefficient (Wildman–Crippen LogP) is 5.99. The van der Waals surface area contributed by atoms with Gasteiger partial charge in [0.2, 0.25) is 5.78 Å². The molecule has 3 aromatic rings. The average Bonchev–Trinajstić information content (AvgIpc) is 3.45. The van der Waals surface area contributed by atoms with E-state index < -0.39 is 23.5 Å². The minimum Gasteiger partial charge on any atom is -0.503 e. The highest BCUT2D eigenvalue weighted by Gasteiger charge is 2.44. The van der Waals surface area contributed by atoms with Crippen molar-refractivity contribution >= 4 is 11.7 Å². The molecule has 1 aliphatic heterocycles. The first-order valence-electron chi connectivity index (χ1n) is 12.7. The van der Waals surface area contributed by atoms with E-state index in [9.17, 15) is 14.7 Å². The molecule has 0 saturated carbocycles. The molecule has 1 unspecified atom stereocenters. The number of hydrogen-bond donors (Lipinski definition) is 1. The molecule has 0 radical (unpaired) electrons. The highest BCUT2D eigenvalue weighted by molar-refractivity contribution is 6.15. The third kappa shape index (κ3) is 5.71. The van der Waals surface area contributed by atoms with Crippen LogP contribution in [0.4, 0.5) is 0 Å². The number of benzene rings is 2. The van der Waals surface area contributed by atoms with Crippen LogP contribution in [0, 0.1) is 6.92 Å². The fourth-order valence-electron chi connectivity index (χ4n) is 4.46. The number of aryl methyl sites for hydroxylation is 1. The van der Waals surface area contributed by atoms with Crippen molar-refractivity contribution in [3.05, 3.63) is 94.6 Å². The normalized spacial score (nSPS) is 15.4. The highest BCUT2D eigenvalue weighted by atomic mass is 16.5. The lowest BCUT2D eigenvalue weighted by Crippen LogP contribution is -2.33. The van der Waals surface area contributed by atoms with Gasteiger partial charge in [0.05, 0.1) is 24.8 Å². The molecule has 2 heterocycles. The SMILES string of the molecule is CCCCOc1ccc(C2C(C(=O)c3ccc(C)o3)=C(O)C(=O)N2CCc2ccccc2)cc1OCC. The minimum atomic E-state index is -0.807. The summed E-state index contributed by atoms with van der Waals surface area (Å²) in [6, 6.07) is 17.6. The molecule has 0 spiro atoms. The van der Waals surface area contributed by atoms with E-state index in [1.165, 1.54) is 4.90 Å². The smallest absolute Gasteiger partial charge is 0.290 e. The first-order valence-corrected chi connectivity index (χ1v) is 12.7. The van der Waals surface area contributed by atoms with Gasteiger partial charge < -0.3 is 23.9 Å². The van der Waals surface area contributed by atoms with Gasteiger partial charge in [-0.25, -0.2) is 0 Å². The summed E-state index contributed by atoms with van der Waals surface area (Å²) < 4.78 is 17.3. The molecule has 7 heteroatoms. The molecule has 7 nitrogen and oxygen atoms in total. The fraction of sp³-hybridized carbons (Fsp3) is 0.333. The van der Waals surface area contributed by atoms with Crippen LogP contribution in [-0.2, 0) is 11.2 Å². The van der Waals surface area contributed by atoms with E-state index in [-0.39, 0.29) is 11.3 Å². The Morgan fingerprint density at radius 3 is 2.49 bits per heavy atom. The van der Waals surface area contributed by atoms with Crippen molar-refractivity contribution in [3.8, 4) is 11.5 Å². The largest absolute Gasteiger partial charge is 0.503 e. The van der Waals surface area contributed by atoms with Crippen LogP contribution in [0.15, 0.2) is 76.4 Å². The van der Waals surface area contributed by atoms with Crippen molar-refractivity contribution in [3.63, 3.8) is 0 Å². The summed E-state index contributed by atoms with van der Waals surface area (Å²) in [6.07, 6.45) is 2.48. The Bertz CT molecular complexity index is 1280. The quantitative estimate of drug-likeness (QED) is 0.241. The van der Waals surface area contributed by atoms with Crippen molar-refractivity contribution in [2.24, 2.45) is 0 Å². The second kappa shape index (κ2) is 11.8. The van der Waals surface area contributed by atoms with Crippen LogP contribution >= 0.6 is 0 Å². The van der Waals surface area contributed by atoms with Crippen LogP contribution in [0.3, 0.4) is 0 Å². The van der Waals surface area contributed by atoms with E-state index in [2.05, 4.69) is 6.92 Å². The molecule has 0 aliphatic carbocycles. The van der Waals surface area contributed by atoms with Gasteiger partial charge in [0.25, 0.3) is 5.91 Å². The second-order valence-corrected chi connectivity index (χ2v) is 8.98. The van der Waals surface area contributed by atoms with Gasteiger partial charge in [-0.15, -0.1) is 0 Å². The Hall–Kier alpha value is -4.00. The van der Waals surface area contributed by atoms with E-state index in [4.69, 9.17) is 13.9 Å². The van der Waals surface area contributed by atoms with Crippen LogP contribution in [0.2, 0.25) is 0 Å². The number of ether oxygens (including phenoxy) is 2. The van der Waals surface area contributed by atoms with Crippen molar-refractivity contribution in [1.82, 2.24) is 4.90 Å². The van der Waals surface area contributed by atoms with E-state index in [1.54, 1.807) is 31.2 Å². The summed E-state index contributed by atoms with van der Waals surface area (Å²) in [5, 5.41) is 10.9. The molecular weight excluding hydrogens is 470 g/mol. The maximum atomic E-state index is 13.5. The van der Waals surface area contributed by atoms with E-state index in [1.807, 2.05) is 43.3 Å². The van der Waals surface area contributed by atoms with Crippen molar-refractivity contribution in [1.29, 1.82) is 0 Å². The van der Waals surface area contributed by atoms with Crippen molar-refractivity contribution in [2.45, 2.75) is 46.1 Å². The van der Waals surface area contributed by atoms with E-state index in [0.29, 0.717) is 49.0 Å². The molecule has 1 aromatic heterocycles. The molecule has 2 aromatic carbocycles. The number of carbonyl (C=O) groups excluding carboxylic acids is 2. The number of rotatable bonds is 12. The van der Waals surface area contributed by atoms with Gasteiger partial charge in [-0.1, -0.05) is 49.7 Å². The zero-order valence-corrected chi connectivity index (χ0v) is 21.5. The molecule has 1 aliphatic rings. The number of furan rings is 1.